The summed E-state index contributed by atoms with van der Waals surface area (Å²) < 4.78 is 0.984. The van der Waals surface area contributed by atoms with Gasteiger partial charge in [0.2, 0.25) is 0 Å². The molecule has 1 aliphatic heterocycles. The molecule has 0 unspecified atom stereocenters. The lowest BCUT2D eigenvalue weighted by molar-refractivity contribution is 0.144. The van der Waals surface area contributed by atoms with E-state index in [0.29, 0.717) is 5.41 Å². The quantitative estimate of drug-likeness (QED) is 0.618. The van der Waals surface area contributed by atoms with Crippen LogP contribution < -0.4 is 10.6 Å². The number of anilines is 1. The Bertz CT molecular complexity index is 525. The Morgan fingerprint density at radius 1 is 1.10 bits per heavy atom. The smallest absolute Gasteiger partial charge is 0.124 e. The molecule has 1 aromatic carbocycles. The van der Waals surface area contributed by atoms with Gasteiger partial charge in [0.1, 0.15) is 5.84 Å². The van der Waals surface area contributed by atoms with Crippen LogP contribution >= 0.6 is 15.9 Å². The summed E-state index contributed by atoms with van der Waals surface area (Å²) in [4.78, 5) is 2.42. The van der Waals surface area contributed by atoms with Gasteiger partial charge in [-0.1, -0.05) is 35.2 Å². The van der Waals surface area contributed by atoms with Gasteiger partial charge in [-0.3, -0.25) is 5.41 Å². The first-order chi connectivity index (χ1) is 10.1. The fraction of sp³-hybridized carbons (Fsp3) is 0.588. The molecule has 3 rings (SSSR count). The minimum absolute atomic E-state index is 0.157. The van der Waals surface area contributed by atoms with Crippen molar-refractivity contribution in [3.63, 3.8) is 0 Å². The van der Waals surface area contributed by atoms with E-state index in [1.807, 2.05) is 12.1 Å². The normalized spacial score (nSPS) is 21.5. The molecule has 0 amide bonds. The fourth-order valence-electron chi connectivity index (χ4n) is 4.02. The lowest BCUT2D eigenvalue weighted by atomic mass is 9.68. The maximum absolute atomic E-state index is 7.81. The van der Waals surface area contributed by atoms with Gasteiger partial charge in [-0.25, -0.2) is 0 Å². The van der Waals surface area contributed by atoms with E-state index in [1.165, 1.54) is 44.9 Å². The molecule has 0 bridgehead atoms. The van der Waals surface area contributed by atoms with Gasteiger partial charge >= 0.3 is 0 Å². The van der Waals surface area contributed by atoms with E-state index >= 15 is 0 Å². The zero-order valence-corrected chi connectivity index (χ0v) is 14.1. The van der Waals surface area contributed by atoms with Gasteiger partial charge in [0.05, 0.1) is 0 Å². The summed E-state index contributed by atoms with van der Waals surface area (Å²) >= 11 is 3.48. The van der Waals surface area contributed by atoms with Gasteiger partial charge in [-0.2, -0.15) is 0 Å². The maximum atomic E-state index is 7.81. The molecule has 4 heteroatoms. The number of nitrogens with one attached hydrogen (secondary N) is 1. The third-order valence-electron chi connectivity index (χ3n) is 5.33. The first-order valence-corrected chi connectivity index (χ1v) is 8.78. The number of halogens is 1. The molecule has 1 saturated carbocycles. The molecule has 114 valence electrons. The second-order valence-corrected chi connectivity index (χ2v) is 7.54. The number of piperidine rings is 1. The lowest BCUT2D eigenvalue weighted by Gasteiger charge is -2.45. The summed E-state index contributed by atoms with van der Waals surface area (Å²) in [5.74, 6) is 0.157. The Balaban J connectivity index is 1.76. The van der Waals surface area contributed by atoms with Gasteiger partial charge in [0.25, 0.3) is 0 Å². The third-order valence-corrected chi connectivity index (χ3v) is 5.82. The van der Waals surface area contributed by atoms with Crippen LogP contribution in [0.25, 0.3) is 0 Å². The zero-order chi connectivity index (χ0) is 14.9. The molecule has 1 spiro atoms. The van der Waals surface area contributed by atoms with Crippen LogP contribution in [0.3, 0.4) is 0 Å². The van der Waals surface area contributed by atoms with E-state index in [-0.39, 0.29) is 5.84 Å². The highest BCUT2D eigenvalue weighted by atomic mass is 79.9. The Morgan fingerprint density at radius 3 is 2.38 bits per heavy atom. The fourth-order valence-corrected chi connectivity index (χ4v) is 4.38. The Morgan fingerprint density at radius 2 is 1.76 bits per heavy atom. The third kappa shape index (κ3) is 3.10. The number of amidine groups is 1. The molecule has 1 heterocycles. The van der Waals surface area contributed by atoms with Crippen LogP contribution in [0, 0.1) is 10.8 Å². The van der Waals surface area contributed by atoms with Crippen LogP contribution in [0.2, 0.25) is 0 Å². The Kier molecular flexibility index (Phi) is 4.25. The van der Waals surface area contributed by atoms with Gasteiger partial charge in [0, 0.05) is 28.8 Å². The molecule has 1 aliphatic carbocycles. The standard InChI is InChI=1S/C17H24BrN3/c18-13-4-5-15(14(12-13)16(19)20)21-10-8-17(9-11-21)6-2-1-3-7-17/h4-5,12H,1-3,6-11H2,(H3,19,20). The molecule has 0 aromatic heterocycles. The first-order valence-electron chi connectivity index (χ1n) is 7.99. The van der Waals surface area contributed by atoms with Crippen molar-refractivity contribution in [2.24, 2.45) is 11.1 Å². The number of nitrogen functional groups attached to an aromatic ring is 1. The topological polar surface area (TPSA) is 53.1 Å². The van der Waals surface area contributed by atoms with Gasteiger partial charge in [-0.05, 0) is 49.3 Å². The van der Waals surface area contributed by atoms with Crippen molar-refractivity contribution in [1.29, 1.82) is 5.41 Å². The molecule has 2 aliphatic rings. The monoisotopic (exact) mass is 349 g/mol. The minimum Gasteiger partial charge on any atom is -0.384 e. The maximum Gasteiger partial charge on any atom is 0.124 e. The summed E-state index contributed by atoms with van der Waals surface area (Å²) in [5, 5.41) is 7.81. The van der Waals surface area contributed by atoms with Gasteiger partial charge < -0.3 is 10.6 Å². The van der Waals surface area contributed by atoms with Crippen LogP contribution in [0.15, 0.2) is 22.7 Å². The van der Waals surface area contributed by atoms with Crippen molar-refractivity contribution < 1.29 is 0 Å². The lowest BCUT2D eigenvalue weighted by Crippen LogP contribution is -2.41. The van der Waals surface area contributed by atoms with E-state index in [1.54, 1.807) is 0 Å². The summed E-state index contributed by atoms with van der Waals surface area (Å²) in [6, 6.07) is 6.11. The minimum atomic E-state index is 0.157. The highest BCUT2D eigenvalue weighted by molar-refractivity contribution is 9.10. The largest absolute Gasteiger partial charge is 0.384 e. The Labute approximate surface area is 135 Å². The van der Waals surface area contributed by atoms with E-state index in [2.05, 4.69) is 26.9 Å². The van der Waals surface area contributed by atoms with Crippen molar-refractivity contribution >= 4 is 27.5 Å². The van der Waals surface area contributed by atoms with Crippen LogP contribution in [-0.4, -0.2) is 18.9 Å². The Hall–Kier alpha value is -1.03. The molecular weight excluding hydrogens is 326 g/mol. The molecule has 1 saturated heterocycles. The van der Waals surface area contributed by atoms with E-state index < -0.39 is 0 Å². The van der Waals surface area contributed by atoms with E-state index in [9.17, 15) is 0 Å². The van der Waals surface area contributed by atoms with E-state index in [0.717, 1.165) is 28.8 Å². The van der Waals surface area contributed by atoms with Crippen molar-refractivity contribution in [2.75, 3.05) is 18.0 Å². The predicted octanol–water partition coefficient (Wildman–Crippen LogP) is 4.28. The summed E-state index contributed by atoms with van der Waals surface area (Å²) in [5.41, 5.74) is 8.35. The molecule has 1 aromatic rings. The van der Waals surface area contributed by atoms with Gasteiger partial charge in [0.15, 0.2) is 0 Å². The molecule has 21 heavy (non-hydrogen) atoms. The average molecular weight is 350 g/mol. The number of nitrogens with two attached hydrogens (primary N) is 1. The van der Waals surface area contributed by atoms with Crippen LogP contribution in [0.1, 0.15) is 50.5 Å². The number of nitrogens with zero attached hydrogens (tertiary/aromatic N) is 1. The molecule has 0 atom stereocenters. The molecule has 3 nitrogen and oxygen atoms in total. The SMILES string of the molecule is N=C(N)c1cc(Br)ccc1N1CCC2(CCCCC2)CC1. The summed E-state index contributed by atoms with van der Waals surface area (Å²) in [6.45, 7) is 2.20. The predicted molar refractivity (Wildman–Crippen MR) is 92.1 cm³/mol. The highest BCUT2D eigenvalue weighted by Gasteiger charge is 2.35. The zero-order valence-electron chi connectivity index (χ0n) is 12.5. The highest BCUT2D eigenvalue weighted by Crippen LogP contribution is 2.45. The summed E-state index contributed by atoms with van der Waals surface area (Å²) in [7, 11) is 0. The average Bonchev–Trinajstić information content (AvgIpc) is 2.49. The number of rotatable bonds is 2. The van der Waals surface area contributed by atoms with Crippen LogP contribution in [0.4, 0.5) is 5.69 Å². The van der Waals surface area contributed by atoms with E-state index in [4.69, 9.17) is 11.1 Å². The van der Waals surface area contributed by atoms with Crippen molar-refractivity contribution in [3.8, 4) is 0 Å². The number of hydrogen-bond acceptors (Lipinski definition) is 2. The molecule has 0 radical (unpaired) electrons. The van der Waals surface area contributed by atoms with Crippen molar-refractivity contribution in [3.05, 3.63) is 28.2 Å². The molecular formula is C17H24BrN3. The second-order valence-electron chi connectivity index (χ2n) is 6.62. The molecule has 2 fully saturated rings. The molecule has 3 N–H and O–H groups in total. The first kappa shape index (κ1) is 14.9. The number of benzene rings is 1. The second kappa shape index (κ2) is 5.99. The van der Waals surface area contributed by atoms with Crippen LogP contribution in [0.5, 0.6) is 0 Å². The van der Waals surface area contributed by atoms with Crippen molar-refractivity contribution in [2.45, 2.75) is 44.9 Å². The van der Waals surface area contributed by atoms with Gasteiger partial charge in [-0.15, -0.1) is 0 Å². The van der Waals surface area contributed by atoms with Crippen LogP contribution in [-0.2, 0) is 0 Å². The van der Waals surface area contributed by atoms with Crippen molar-refractivity contribution in [1.82, 2.24) is 0 Å². The summed E-state index contributed by atoms with van der Waals surface area (Å²) in [6.07, 6.45) is 9.67. The number of hydrogen-bond donors (Lipinski definition) is 2.